The molecule has 0 aliphatic heterocycles. The minimum Gasteiger partial charge on any atom is -0.480 e. The second-order valence-electron chi connectivity index (χ2n) is 4.09. The summed E-state index contributed by atoms with van der Waals surface area (Å²) >= 11 is 0. The van der Waals surface area contributed by atoms with E-state index in [9.17, 15) is 9.59 Å². The van der Waals surface area contributed by atoms with Crippen molar-refractivity contribution < 1.29 is 14.7 Å². The van der Waals surface area contributed by atoms with Crippen LogP contribution in [0.25, 0.3) is 0 Å². The molecule has 2 aromatic heterocycles. The third-order valence-corrected chi connectivity index (χ3v) is 2.64. The predicted molar refractivity (Wildman–Crippen MR) is 69.8 cm³/mol. The molecule has 2 aromatic rings. The van der Waals surface area contributed by atoms with Crippen molar-refractivity contribution >= 4 is 17.6 Å². The molecule has 0 aliphatic rings. The van der Waals surface area contributed by atoms with E-state index < -0.39 is 17.9 Å². The van der Waals surface area contributed by atoms with E-state index in [1.54, 1.807) is 6.07 Å². The molecule has 0 fully saturated rings. The maximum absolute atomic E-state index is 12.0. The fraction of sp³-hybridized carbons (Fsp3) is 0.167. The SMILES string of the molecule is Nc1cccnc1C(=O)N[C@@H](Cc1cnc[nH]1)C(=O)O. The third-order valence-electron chi connectivity index (χ3n) is 2.64. The predicted octanol–water partition coefficient (Wildman–Crippen LogP) is -0.187. The fourth-order valence-electron chi connectivity index (χ4n) is 1.65. The molecule has 1 amide bonds. The lowest BCUT2D eigenvalue weighted by Crippen LogP contribution is -2.42. The van der Waals surface area contributed by atoms with E-state index in [-0.39, 0.29) is 17.8 Å². The van der Waals surface area contributed by atoms with Crippen LogP contribution in [-0.4, -0.2) is 38.0 Å². The monoisotopic (exact) mass is 275 g/mol. The molecule has 2 rings (SSSR count). The molecular formula is C12H13N5O3. The number of nitrogens with zero attached hydrogens (tertiary/aromatic N) is 2. The molecule has 0 saturated carbocycles. The number of pyridine rings is 1. The van der Waals surface area contributed by atoms with Gasteiger partial charge in [0, 0.05) is 24.5 Å². The molecule has 0 bridgehead atoms. The molecule has 0 aliphatic carbocycles. The lowest BCUT2D eigenvalue weighted by molar-refractivity contribution is -0.139. The number of anilines is 1. The first-order valence-corrected chi connectivity index (χ1v) is 5.79. The molecule has 8 heteroatoms. The van der Waals surface area contributed by atoms with Crippen LogP contribution < -0.4 is 11.1 Å². The van der Waals surface area contributed by atoms with Crippen molar-refractivity contribution in [2.75, 3.05) is 5.73 Å². The lowest BCUT2D eigenvalue weighted by atomic mass is 10.1. The summed E-state index contributed by atoms with van der Waals surface area (Å²) in [5.74, 6) is -1.78. The number of rotatable bonds is 5. The number of carboxylic acid groups (broad SMARTS) is 1. The molecule has 0 unspecified atom stereocenters. The number of nitrogen functional groups attached to an aromatic ring is 1. The van der Waals surface area contributed by atoms with Crippen molar-refractivity contribution in [1.82, 2.24) is 20.3 Å². The van der Waals surface area contributed by atoms with Gasteiger partial charge >= 0.3 is 5.97 Å². The number of carboxylic acids is 1. The molecule has 0 radical (unpaired) electrons. The van der Waals surface area contributed by atoms with E-state index in [0.29, 0.717) is 5.69 Å². The zero-order valence-corrected chi connectivity index (χ0v) is 10.4. The van der Waals surface area contributed by atoms with Crippen LogP contribution in [0.2, 0.25) is 0 Å². The maximum Gasteiger partial charge on any atom is 0.326 e. The van der Waals surface area contributed by atoms with E-state index in [2.05, 4.69) is 20.3 Å². The molecule has 8 nitrogen and oxygen atoms in total. The number of aliphatic carboxylic acids is 1. The van der Waals surface area contributed by atoms with Crippen LogP contribution in [0.4, 0.5) is 5.69 Å². The van der Waals surface area contributed by atoms with Gasteiger partial charge in [-0.3, -0.25) is 4.79 Å². The van der Waals surface area contributed by atoms with Gasteiger partial charge in [0.05, 0.1) is 12.0 Å². The number of aromatic nitrogens is 3. The molecule has 1 atom stereocenters. The molecule has 20 heavy (non-hydrogen) atoms. The Hall–Kier alpha value is -2.90. The molecule has 104 valence electrons. The zero-order valence-electron chi connectivity index (χ0n) is 10.4. The van der Waals surface area contributed by atoms with Crippen molar-refractivity contribution in [1.29, 1.82) is 0 Å². The number of imidazole rings is 1. The average molecular weight is 275 g/mol. The van der Waals surface area contributed by atoms with Gasteiger partial charge in [0.25, 0.3) is 5.91 Å². The van der Waals surface area contributed by atoms with E-state index in [1.807, 2.05) is 0 Å². The highest BCUT2D eigenvalue weighted by atomic mass is 16.4. The first-order valence-electron chi connectivity index (χ1n) is 5.79. The van der Waals surface area contributed by atoms with Crippen molar-refractivity contribution in [3.05, 3.63) is 42.2 Å². The summed E-state index contributed by atoms with van der Waals surface area (Å²) in [5.41, 5.74) is 6.42. The van der Waals surface area contributed by atoms with Gasteiger partial charge in [-0.15, -0.1) is 0 Å². The molecule has 0 aromatic carbocycles. The quantitative estimate of drug-likeness (QED) is 0.597. The minimum absolute atomic E-state index is 0.00311. The van der Waals surface area contributed by atoms with E-state index in [4.69, 9.17) is 10.8 Å². The lowest BCUT2D eigenvalue weighted by Gasteiger charge is -2.13. The Balaban J connectivity index is 2.10. The normalized spacial score (nSPS) is 11.8. The van der Waals surface area contributed by atoms with Crippen LogP contribution in [0.15, 0.2) is 30.9 Å². The van der Waals surface area contributed by atoms with Gasteiger partial charge in [-0.25, -0.2) is 14.8 Å². The van der Waals surface area contributed by atoms with Gasteiger partial charge in [-0.2, -0.15) is 0 Å². The Morgan fingerprint density at radius 3 is 2.90 bits per heavy atom. The number of amides is 1. The Morgan fingerprint density at radius 1 is 1.50 bits per heavy atom. The smallest absolute Gasteiger partial charge is 0.326 e. The first kappa shape index (κ1) is 13.5. The molecule has 5 N–H and O–H groups in total. The van der Waals surface area contributed by atoms with Gasteiger partial charge in [0.2, 0.25) is 0 Å². The Kier molecular flexibility index (Phi) is 3.94. The number of nitrogens with one attached hydrogen (secondary N) is 2. The van der Waals surface area contributed by atoms with E-state index in [1.165, 1.54) is 24.8 Å². The number of nitrogens with two attached hydrogens (primary N) is 1. The molecule has 0 spiro atoms. The van der Waals surface area contributed by atoms with Crippen LogP contribution >= 0.6 is 0 Å². The molecule has 2 heterocycles. The molecular weight excluding hydrogens is 262 g/mol. The minimum atomic E-state index is -1.15. The highest BCUT2D eigenvalue weighted by Crippen LogP contribution is 2.07. The summed E-state index contributed by atoms with van der Waals surface area (Å²) in [6, 6.07) is 2.02. The summed E-state index contributed by atoms with van der Waals surface area (Å²) in [4.78, 5) is 33.6. The fourth-order valence-corrected chi connectivity index (χ4v) is 1.65. The zero-order chi connectivity index (χ0) is 14.5. The summed E-state index contributed by atoms with van der Waals surface area (Å²) in [5, 5.41) is 11.5. The Morgan fingerprint density at radius 2 is 2.30 bits per heavy atom. The number of aromatic amines is 1. The van der Waals surface area contributed by atoms with Crippen molar-refractivity contribution in [2.45, 2.75) is 12.5 Å². The van der Waals surface area contributed by atoms with Crippen LogP contribution in [-0.2, 0) is 11.2 Å². The third kappa shape index (κ3) is 3.10. The summed E-state index contributed by atoms with van der Waals surface area (Å²) in [6.45, 7) is 0. The van der Waals surface area contributed by atoms with Crippen LogP contribution in [0.3, 0.4) is 0 Å². The largest absolute Gasteiger partial charge is 0.480 e. The van der Waals surface area contributed by atoms with Gasteiger partial charge < -0.3 is 21.1 Å². The number of carbonyl (C=O) groups excluding carboxylic acids is 1. The number of carbonyl (C=O) groups is 2. The van der Waals surface area contributed by atoms with Gasteiger partial charge in [-0.1, -0.05) is 0 Å². The second-order valence-corrected chi connectivity index (χ2v) is 4.09. The Bertz CT molecular complexity index is 611. The first-order chi connectivity index (χ1) is 9.58. The Labute approximate surface area is 114 Å². The highest BCUT2D eigenvalue weighted by Gasteiger charge is 2.23. The van der Waals surface area contributed by atoms with Crippen LogP contribution in [0, 0.1) is 0 Å². The van der Waals surface area contributed by atoms with Gasteiger partial charge in [-0.05, 0) is 12.1 Å². The molecule has 0 saturated heterocycles. The number of hydrogen-bond acceptors (Lipinski definition) is 5. The van der Waals surface area contributed by atoms with E-state index >= 15 is 0 Å². The standard InChI is InChI=1S/C12H13N5O3/c13-8-2-1-3-15-10(8)11(18)17-9(12(19)20)4-7-5-14-6-16-7/h1-3,5-6,9H,4,13H2,(H,14,16)(H,17,18)(H,19,20)/t9-/m0/s1. The maximum atomic E-state index is 12.0. The topological polar surface area (TPSA) is 134 Å². The van der Waals surface area contributed by atoms with Crippen molar-refractivity contribution in [3.63, 3.8) is 0 Å². The number of hydrogen-bond donors (Lipinski definition) is 4. The average Bonchev–Trinajstić information content (AvgIpc) is 2.91. The van der Waals surface area contributed by atoms with Crippen LogP contribution in [0.5, 0.6) is 0 Å². The van der Waals surface area contributed by atoms with Crippen molar-refractivity contribution in [2.24, 2.45) is 0 Å². The summed E-state index contributed by atoms with van der Waals surface area (Å²) in [7, 11) is 0. The van der Waals surface area contributed by atoms with E-state index in [0.717, 1.165) is 0 Å². The van der Waals surface area contributed by atoms with Crippen molar-refractivity contribution in [3.8, 4) is 0 Å². The van der Waals surface area contributed by atoms with Gasteiger partial charge in [0.15, 0.2) is 5.69 Å². The highest BCUT2D eigenvalue weighted by molar-refractivity contribution is 5.98. The second kappa shape index (κ2) is 5.83. The van der Waals surface area contributed by atoms with Crippen LogP contribution in [0.1, 0.15) is 16.2 Å². The number of H-pyrrole nitrogens is 1. The van der Waals surface area contributed by atoms with Gasteiger partial charge in [0.1, 0.15) is 6.04 Å². The summed E-state index contributed by atoms with van der Waals surface area (Å²) < 4.78 is 0. The summed E-state index contributed by atoms with van der Waals surface area (Å²) in [6.07, 6.45) is 4.44.